The van der Waals surface area contributed by atoms with Gasteiger partial charge in [-0.2, -0.15) is 0 Å². The molecule has 0 fully saturated rings. The number of carbonyl (C=O) groups excluding carboxylic acids is 2. The van der Waals surface area contributed by atoms with Gasteiger partial charge in [0.15, 0.2) is 0 Å². The molecular formula is C15H16O3. The Morgan fingerprint density at radius 3 is 2.50 bits per heavy atom. The molecule has 1 aliphatic heterocycles. The normalized spacial score (nSPS) is 23.8. The maximum atomic E-state index is 11.4. The van der Waals surface area contributed by atoms with Crippen LogP contribution in [0, 0.1) is 0 Å². The van der Waals surface area contributed by atoms with Crippen molar-refractivity contribution < 1.29 is 14.3 Å². The number of carbonyl (C=O) groups is 2. The first kappa shape index (κ1) is 12.6. The van der Waals surface area contributed by atoms with Crippen molar-refractivity contribution in [2.24, 2.45) is 0 Å². The van der Waals surface area contributed by atoms with Crippen LogP contribution in [0.1, 0.15) is 31.7 Å². The summed E-state index contributed by atoms with van der Waals surface area (Å²) in [5.41, 5.74) is 0.277. The lowest BCUT2D eigenvalue weighted by molar-refractivity contribution is -0.146. The molecule has 94 valence electrons. The third-order valence-corrected chi connectivity index (χ3v) is 3.26. The molecule has 2 atom stereocenters. The summed E-state index contributed by atoms with van der Waals surface area (Å²) in [7, 11) is 0. The zero-order valence-corrected chi connectivity index (χ0v) is 10.6. The van der Waals surface area contributed by atoms with Crippen LogP contribution in [0.2, 0.25) is 0 Å². The topological polar surface area (TPSA) is 43.4 Å². The Morgan fingerprint density at radius 1 is 1.33 bits per heavy atom. The second-order valence-electron chi connectivity index (χ2n) is 4.81. The van der Waals surface area contributed by atoms with E-state index in [1.807, 2.05) is 37.3 Å². The molecule has 0 saturated heterocycles. The number of ether oxygens (including phenoxy) is 1. The number of hydrogen-bond acceptors (Lipinski definition) is 3. The van der Waals surface area contributed by atoms with Crippen LogP contribution in [-0.2, 0) is 14.3 Å². The van der Waals surface area contributed by atoms with E-state index in [0.717, 1.165) is 5.56 Å². The molecule has 0 aromatic heterocycles. The molecule has 1 aromatic carbocycles. The highest BCUT2D eigenvalue weighted by Crippen LogP contribution is 2.38. The van der Waals surface area contributed by atoms with E-state index in [0.29, 0.717) is 6.42 Å². The summed E-state index contributed by atoms with van der Waals surface area (Å²) >= 11 is 0. The van der Waals surface area contributed by atoms with E-state index in [2.05, 4.69) is 0 Å². The highest BCUT2D eigenvalue weighted by atomic mass is 16.6. The Morgan fingerprint density at radius 2 is 2.00 bits per heavy atom. The van der Waals surface area contributed by atoms with Gasteiger partial charge in [-0.3, -0.25) is 0 Å². The summed E-state index contributed by atoms with van der Waals surface area (Å²) in [5.74, 6) is -0.401. The minimum Gasteiger partial charge on any atom is -0.451 e. The minimum absolute atomic E-state index is 0.0847. The van der Waals surface area contributed by atoms with Crippen LogP contribution in [0.3, 0.4) is 0 Å². The SMILES string of the molecule is CC(=O)C[C@H](c1ccccc1)[C@]1(C)C=CC(=O)O1. The van der Waals surface area contributed by atoms with E-state index in [9.17, 15) is 9.59 Å². The molecule has 0 bridgehead atoms. The number of hydrogen-bond donors (Lipinski definition) is 0. The molecule has 0 spiro atoms. The highest BCUT2D eigenvalue weighted by Gasteiger charge is 2.40. The lowest BCUT2D eigenvalue weighted by Gasteiger charge is -2.31. The third-order valence-electron chi connectivity index (χ3n) is 3.26. The molecule has 0 unspecified atom stereocenters. The largest absolute Gasteiger partial charge is 0.451 e. The number of Topliss-reactive ketones (excluding diaryl/α,β-unsaturated/α-hetero) is 1. The van der Waals surface area contributed by atoms with Gasteiger partial charge in [-0.1, -0.05) is 30.3 Å². The average molecular weight is 244 g/mol. The molecule has 18 heavy (non-hydrogen) atoms. The fourth-order valence-electron chi connectivity index (χ4n) is 2.33. The van der Waals surface area contributed by atoms with Gasteiger partial charge in [-0.15, -0.1) is 0 Å². The summed E-state index contributed by atoms with van der Waals surface area (Å²) in [6.07, 6.45) is 3.53. The van der Waals surface area contributed by atoms with Gasteiger partial charge in [-0.25, -0.2) is 4.79 Å². The molecule has 3 heteroatoms. The smallest absolute Gasteiger partial charge is 0.331 e. The average Bonchev–Trinajstić information content (AvgIpc) is 2.68. The predicted molar refractivity (Wildman–Crippen MR) is 68.1 cm³/mol. The maximum Gasteiger partial charge on any atom is 0.331 e. The van der Waals surface area contributed by atoms with Gasteiger partial charge in [0.2, 0.25) is 0 Å². The van der Waals surface area contributed by atoms with Gasteiger partial charge in [-0.05, 0) is 25.5 Å². The molecule has 1 aliphatic rings. The molecule has 0 radical (unpaired) electrons. The maximum absolute atomic E-state index is 11.4. The number of rotatable bonds is 4. The molecule has 2 rings (SSSR count). The molecule has 3 nitrogen and oxygen atoms in total. The van der Waals surface area contributed by atoms with Gasteiger partial charge < -0.3 is 9.53 Å². The van der Waals surface area contributed by atoms with Gasteiger partial charge >= 0.3 is 5.97 Å². The van der Waals surface area contributed by atoms with Crippen molar-refractivity contribution in [3.63, 3.8) is 0 Å². The molecule has 0 aliphatic carbocycles. The van der Waals surface area contributed by atoms with Crippen molar-refractivity contribution >= 4 is 11.8 Å². The first-order valence-electron chi connectivity index (χ1n) is 5.98. The van der Waals surface area contributed by atoms with Crippen LogP contribution in [0.5, 0.6) is 0 Å². The zero-order chi connectivity index (χ0) is 13.2. The van der Waals surface area contributed by atoms with Crippen LogP contribution >= 0.6 is 0 Å². The third kappa shape index (κ3) is 2.50. The minimum atomic E-state index is -0.732. The summed E-state index contributed by atoms with van der Waals surface area (Å²) in [6.45, 7) is 3.40. The van der Waals surface area contributed by atoms with Gasteiger partial charge in [0.1, 0.15) is 11.4 Å². The number of esters is 1. The van der Waals surface area contributed by atoms with Crippen molar-refractivity contribution in [3.05, 3.63) is 48.0 Å². The first-order valence-corrected chi connectivity index (χ1v) is 5.98. The zero-order valence-electron chi connectivity index (χ0n) is 10.6. The van der Waals surface area contributed by atoms with E-state index < -0.39 is 5.60 Å². The fourth-order valence-corrected chi connectivity index (χ4v) is 2.33. The summed E-state index contributed by atoms with van der Waals surface area (Å²) in [6, 6.07) is 9.68. The van der Waals surface area contributed by atoms with Crippen LogP contribution in [0.15, 0.2) is 42.5 Å². The first-order chi connectivity index (χ1) is 8.51. The van der Waals surface area contributed by atoms with Crippen LogP contribution in [-0.4, -0.2) is 17.4 Å². The van der Waals surface area contributed by atoms with Crippen LogP contribution in [0.4, 0.5) is 0 Å². The Bertz CT molecular complexity index is 490. The lowest BCUT2D eigenvalue weighted by Crippen LogP contribution is -2.33. The Kier molecular flexibility index (Phi) is 3.32. The van der Waals surface area contributed by atoms with E-state index in [4.69, 9.17) is 4.74 Å². The van der Waals surface area contributed by atoms with Crippen molar-refractivity contribution in [1.82, 2.24) is 0 Å². The number of benzene rings is 1. The quantitative estimate of drug-likeness (QED) is 0.765. The second-order valence-corrected chi connectivity index (χ2v) is 4.81. The van der Waals surface area contributed by atoms with Crippen LogP contribution < -0.4 is 0 Å². The van der Waals surface area contributed by atoms with Crippen molar-refractivity contribution in [2.75, 3.05) is 0 Å². The van der Waals surface area contributed by atoms with Crippen molar-refractivity contribution in [3.8, 4) is 0 Å². The van der Waals surface area contributed by atoms with Gasteiger partial charge in [0, 0.05) is 18.4 Å². The number of cyclic esters (lactones) is 1. The van der Waals surface area contributed by atoms with Crippen LogP contribution in [0.25, 0.3) is 0 Å². The van der Waals surface area contributed by atoms with Crippen molar-refractivity contribution in [2.45, 2.75) is 31.8 Å². The standard InChI is InChI=1S/C15H16O3/c1-11(16)10-13(12-6-4-3-5-7-12)15(2)9-8-14(17)18-15/h3-9,13H,10H2,1-2H3/t13-,15+/m1/s1. The van der Waals surface area contributed by atoms with Gasteiger partial charge in [0.25, 0.3) is 0 Å². The highest BCUT2D eigenvalue weighted by molar-refractivity contribution is 5.85. The van der Waals surface area contributed by atoms with E-state index >= 15 is 0 Å². The molecule has 0 saturated carbocycles. The fraction of sp³-hybridized carbons (Fsp3) is 0.333. The molecule has 0 N–H and O–H groups in total. The van der Waals surface area contributed by atoms with E-state index in [1.165, 1.54) is 6.08 Å². The predicted octanol–water partition coefficient (Wildman–Crippen LogP) is 2.62. The molecule has 1 heterocycles. The second kappa shape index (κ2) is 4.77. The molecule has 0 amide bonds. The number of ketones is 1. The molecular weight excluding hydrogens is 228 g/mol. The Balaban J connectivity index is 2.35. The summed E-state index contributed by atoms with van der Waals surface area (Å²) in [5, 5.41) is 0. The lowest BCUT2D eigenvalue weighted by atomic mass is 9.80. The monoisotopic (exact) mass is 244 g/mol. The summed E-state index contributed by atoms with van der Waals surface area (Å²) < 4.78 is 5.36. The Hall–Kier alpha value is -1.90. The summed E-state index contributed by atoms with van der Waals surface area (Å²) in [4.78, 5) is 22.7. The van der Waals surface area contributed by atoms with Crippen molar-refractivity contribution in [1.29, 1.82) is 0 Å². The van der Waals surface area contributed by atoms with E-state index in [-0.39, 0.29) is 17.7 Å². The van der Waals surface area contributed by atoms with E-state index in [1.54, 1.807) is 13.0 Å². The Labute approximate surface area is 106 Å². The van der Waals surface area contributed by atoms with Gasteiger partial charge in [0.05, 0.1) is 0 Å². The molecule has 1 aromatic rings.